The van der Waals surface area contributed by atoms with Crippen LogP contribution in [0.25, 0.3) is 0 Å². The molecule has 2 heterocycles. The highest BCUT2D eigenvalue weighted by Crippen LogP contribution is 2.33. The third-order valence-corrected chi connectivity index (χ3v) is 3.98. The monoisotopic (exact) mass is 260 g/mol. The lowest BCUT2D eigenvalue weighted by Crippen LogP contribution is -2.49. The van der Waals surface area contributed by atoms with Crippen molar-refractivity contribution in [2.75, 3.05) is 5.75 Å². The van der Waals surface area contributed by atoms with Gasteiger partial charge in [0.15, 0.2) is 0 Å². The van der Waals surface area contributed by atoms with Crippen LogP contribution in [0, 0.1) is 0 Å². The van der Waals surface area contributed by atoms with E-state index in [2.05, 4.69) is 4.98 Å². The Labute approximate surface area is 99.7 Å². The zero-order chi connectivity index (χ0) is 12.6. The van der Waals surface area contributed by atoms with Crippen molar-refractivity contribution in [3.05, 3.63) is 33.1 Å². The van der Waals surface area contributed by atoms with Gasteiger partial charge in [-0.3, -0.25) is 14.3 Å². The maximum absolute atomic E-state index is 11.5. The van der Waals surface area contributed by atoms with E-state index in [0.717, 1.165) is 22.4 Å². The number of H-pyrrole nitrogens is 1. The molecule has 1 aromatic rings. The van der Waals surface area contributed by atoms with Crippen LogP contribution < -0.4 is 11.2 Å². The van der Waals surface area contributed by atoms with Crippen molar-refractivity contribution in [3.8, 4) is 0 Å². The van der Waals surface area contributed by atoms with Gasteiger partial charge in [0.1, 0.15) is 17.6 Å². The number of aliphatic hydroxyl groups is 3. The number of nitrogens with one attached hydrogen (secondary N) is 1. The number of aliphatic hydroxyl groups excluding tert-OH is 3. The van der Waals surface area contributed by atoms with E-state index >= 15 is 0 Å². The van der Waals surface area contributed by atoms with Crippen molar-refractivity contribution >= 4 is 11.8 Å². The third kappa shape index (κ3) is 2.29. The number of thioether (sulfide) groups is 1. The van der Waals surface area contributed by atoms with Gasteiger partial charge in [-0.25, -0.2) is 4.79 Å². The minimum atomic E-state index is -1.31. The van der Waals surface area contributed by atoms with Crippen molar-refractivity contribution in [1.29, 1.82) is 0 Å². The largest absolute Gasteiger partial charge is 0.389 e. The van der Waals surface area contributed by atoms with Crippen LogP contribution in [0.1, 0.15) is 5.37 Å². The molecule has 0 aliphatic carbocycles. The highest BCUT2D eigenvalue weighted by molar-refractivity contribution is 7.99. The molecule has 1 fully saturated rings. The summed E-state index contributed by atoms with van der Waals surface area (Å²) < 4.78 is 1.13. The van der Waals surface area contributed by atoms with E-state index in [9.17, 15) is 24.9 Å². The standard InChI is InChI=1S/C9H12N2O5S/c12-4-3-17-8(7(15)6(4)14)11-2-1-5(13)10-9(11)16/h1-2,4,6-8,12,14-15H,3H2,(H,10,13,16). The maximum Gasteiger partial charge on any atom is 0.329 e. The van der Waals surface area contributed by atoms with Crippen LogP contribution in [0.5, 0.6) is 0 Å². The fourth-order valence-electron chi connectivity index (χ4n) is 1.66. The lowest BCUT2D eigenvalue weighted by atomic mass is 10.1. The Morgan fingerprint density at radius 1 is 1.29 bits per heavy atom. The Balaban J connectivity index is 2.34. The predicted octanol–water partition coefficient (Wildman–Crippen LogP) is -2.14. The Morgan fingerprint density at radius 2 is 2.00 bits per heavy atom. The van der Waals surface area contributed by atoms with Gasteiger partial charge in [0, 0.05) is 18.0 Å². The first-order valence-electron chi connectivity index (χ1n) is 4.98. The smallest absolute Gasteiger partial charge is 0.329 e. The molecule has 1 saturated heterocycles. The number of aromatic amines is 1. The van der Waals surface area contributed by atoms with Gasteiger partial charge in [0.25, 0.3) is 5.56 Å². The lowest BCUT2D eigenvalue weighted by molar-refractivity contribution is -0.0634. The van der Waals surface area contributed by atoms with E-state index in [4.69, 9.17) is 0 Å². The predicted molar refractivity (Wildman–Crippen MR) is 60.8 cm³/mol. The summed E-state index contributed by atoms with van der Waals surface area (Å²) in [6.45, 7) is 0. The summed E-state index contributed by atoms with van der Waals surface area (Å²) >= 11 is 1.14. The van der Waals surface area contributed by atoms with Crippen molar-refractivity contribution in [2.45, 2.75) is 23.7 Å². The van der Waals surface area contributed by atoms with E-state index in [0.29, 0.717) is 0 Å². The number of hydrogen-bond donors (Lipinski definition) is 4. The van der Waals surface area contributed by atoms with Gasteiger partial charge in [-0.2, -0.15) is 0 Å². The first-order chi connectivity index (χ1) is 8.00. The van der Waals surface area contributed by atoms with Gasteiger partial charge < -0.3 is 15.3 Å². The molecule has 0 bridgehead atoms. The molecule has 7 nitrogen and oxygen atoms in total. The first kappa shape index (κ1) is 12.4. The second-order valence-corrected chi connectivity index (χ2v) is 4.94. The Kier molecular flexibility index (Phi) is 3.38. The molecule has 8 heteroatoms. The van der Waals surface area contributed by atoms with E-state index in [1.807, 2.05) is 0 Å². The first-order valence-corrected chi connectivity index (χ1v) is 6.03. The summed E-state index contributed by atoms with van der Waals surface area (Å²) in [7, 11) is 0. The van der Waals surface area contributed by atoms with Gasteiger partial charge in [-0.1, -0.05) is 0 Å². The summed E-state index contributed by atoms with van der Waals surface area (Å²) in [6.07, 6.45) is -2.34. The Morgan fingerprint density at radius 3 is 2.65 bits per heavy atom. The zero-order valence-electron chi connectivity index (χ0n) is 8.68. The highest BCUT2D eigenvalue weighted by Gasteiger charge is 2.38. The topological polar surface area (TPSA) is 116 Å². The van der Waals surface area contributed by atoms with Gasteiger partial charge >= 0.3 is 5.69 Å². The molecule has 94 valence electrons. The quantitative estimate of drug-likeness (QED) is 0.458. The van der Waals surface area contributed by atoms with E-state index in [-0.39, 0.29) is 5.75 Å². The number of rotatable bonds is 1. The fourth-order valence-corrected chi connectivity index (χ4v) is 2.94. The van der Waals surface area contributed by atoms with E-state index in [1.54, 1.807) is 0 Å². The Hall–Kier alpha value is -1.09. The summed E-state index contributed by atoms with van der Waals surface area (Å²) in [6, 6.07) is 1.16. The molecule has 0 aromatic carbocycles. The highest BCUT2D eigenvalue weighted by atomic mass is 32.2. The SMILES string of the molecule is O=c1ccn(C2SCC(O)C(O)C2O)c(=O)[nH]1. The zero-order valence-corrected chi connectivity index (χ0v) is 9.50. The molecule has 0 radical (unpaired) electrons. The van der Waals surface area contributed by atoms with Crippen LogP contribution in [0.15, 0.2) is 21.9 Å². The lowest BCUT2D eigenvalue weighted by Gasteiger charge is -2.35. The summed E-state index contributed by atoms with van der Waals surface area (Å²) in [5.41, 5.74) is -1.18. The van der Waals surface area contributed by atoms with Crippen LogP contribution >= 0.6 is 11.8 Å². The molecular weight excluding hydrogens is 248 g/mol. The minimum Gasteiger partial charge on any atom is -0.389 e. The second-order valence-electron chi connectivity index (χ2n) is 3.79. The normalized spacial score (nSPS) is 33.6. The van der Waals surface area contributed by atoms with Crippen LogP contribution in [-0.2, 0) is 0 Å². The van der Waals surface area contributed by atoms with Gasteiger partial charge in [-0.05, 0) is 0 Å². The molecule has 0 saturated carbocycles. The number of aromatic nitrogens is 2. The molecule has 0 spiro atoms. The number of nitrogens with zero attached hydrogens (tertiary/aromatic N) is 1. The van der Waals surface area contributed by atoms with Crippen LogP contribution in [0.4, 0.5) is 0 Å². The fraction of sp³-hybridized carbons (Fsp3) is 0.556. The van der Waals surface area contributed by atoms with Crippen molar-refractivity contribution in [3.63, 3.8) is 0 Å². The van der Waals surface area contributed by atoms with Crippen molar-refractivity contribution in [1.82, 2.24) is 9.55 Å². The Bertz CT molecular complexity index is 513. The summed E-state index contributed by atoms with van der Waals surface area (Å²) in [4.78, 5) is 24.5. The molecule has 4 unspecified atom stereocenters. The van der Waals surface area contributed by atoms with Gasteiger partial charge in [0.05, 0.1) is 6.10 Å². The summed E-state index contributed by atoms with van der Waals surface area (Å²) in [5.74, 6) is 0.203. The molecule has 4 N–H and O–H groups in total. The second kappa shape index (κ2) is 4.65. The molecule has 0 amide bonds. The molecule has 2 rings (SSSR count). The van der Waals surface area contributed by atoms with Gasteiger partial charge in [-0.15, -0.1) is 11.8 Å². The minimum absolute atomic E-state index is 0.203. The molecular formula is C9H12N2O5S. The van der Waals surface area contributed by atoms with E-state index < -0.39 is 34.9 Å². The van der Waals surface area contributed by atoms with Crippen molar-refractivity contribution in [2.24, 2.45) is 0 Å². The van der Waals surface area contributed by atoms with Crippen LogP contribution in [-0.4, -0.2) is 48.9 Å². The molecule has 1 aliphatic rings. The molecule has 4 atom stereocenters. The number of hydrogen-bond acceptors (Lipinski definition) is 6. The van der Waals surface area contributed by atoms with Crippen LogP contribution in [0.3, 0.4) is 0 Å². The van der Waals surface area contributed by atoms with E-state index in [1.165, 1.54) is 6.20 Å². The maximum atomic E-state index is 11.5. The molecule has 17 heavy (non-hydrogen) atoms. The third-order valence-electron chi connectivity index (χ3n) is 2.60. The van der Waals surface area contributed by atoms with Crippen LogP contribution in [0.2, 0.25) is 0 Å². The molecule has 1 aromatic heterocycles. The van der Waals surface area contributed by atoms with Crippen molar-refractivity contribution < 1.29 is 15.3 Å². The van der Waals surface area contributed by atoms with Gasteiger partial charge in [0.2, 0.25) is 0 Å². The average Bonchev–Trinajstić information content (AvgIpc) is 2.28. The molecule has 1 aliphatic heterocycles. The average molecular weight is 260 g/mol. The summed E-state index contributed by atoms with van der Waals surface area (Å²) in [5, 5.41) is 27.9.